The molecule has 0 amide bonds. The van der Waals surface area contributed by atoms with Gasteiger partial charge in [0.2, 0.25) is 0 Å². The number of hydrogen-bond donors (Lipinski definition) is 1. The van der Waals surface area contributed by atoms with Crippen molar-refractivity contribution in [2.75, 3.05) is 33.2 Å². The number of hydrogen-bond acceptors (Lipinski definition) is 8. The topological polar surface area (TPSA) is 103 Å². The highest BCUT2D eigenvalue weighted by Gasteiger charge is 2.20. The van der Waals surface area contributed by atoms with Gasteiger partial charge in [-0.15, -0.1) is 10.2 Å². The normalized spacial score (nSPS) is 11.5. The molecule has 1 aromatic carbocycles. The van der Waals surface area contributed by atoms with Crippen LogP contribution < -0.4 is 14.4 Å². The van der Waals surface area contributed by atoms with Crippen LogP contribution in [0.25, 0.3) is 17.5 Å². The fraction of sp³-hybridized carbons (Fsp3) is 0.286. The summed E-state index contributed by atoms with van der Waals surface area (Å²) in [4.78, 5) is 13.7. The van der Waals surface area contributed by atoms with Gasteiger partial charge in [0, 0.05) is 44.4 Å². The summed E-state index contributed by atoms with van der Waals surface area (Å²) in [6.45, 7) is 2.48. The maximum absolute atomic E-state index is 11.9. The molecule has 0 aliphatic heterocycles. The van der Waals surface area contributed by atoms with Gasteiger partial charge in [-0.1, -0.05) is 0 Å². The van der Waals surface area contributed by atoms with Crippen molar-refractivity contribution in [2.45, 2.75) is 18.6 Å². The monoisotopic (exact) mass is 444 g/mol. The number of furan rings is 1. The van der Waals surface area contributed by atoms with Crippen LogP contribution in [0.2, 0.25) is 0 Å². The lowest BCUT2D eigenvalue weighted by molar-refractivity contribution is -0.131. The van der Waals surface area contributed by atoms with E-state index in [0.717, 1.165) is 17.3 Å². The highest BCUT2D eigenvalue weighted by atomic mass is 32.2. The second kappa shape index (κ2) is 9.61. The lowest BCUT2D eigenvalue weighted by Gasteiger charge is -2.10. The average molecular weight is 445 g/mol. The number of carbonyl (C=O) groups is 1. The fourth-order valence-corrected chi connectivity index (χ4v) is 3.69. The highest BCUT2D eigenvalue weighted by Crippen LogP contribution is 2.33. The minimum absolute atomic E-state index is 0.0662. The van der Waals surface area contributed by atoms with Crippen LogP contribution in [-0.2, 0) is 11.3 Å². The van der Waals surface area contributed by atoms with Crippen LogP contribution in [0.3, 0.4) is 0 Å². The Morgan fingerprint density at radius 2 is 1.87 bits per heavy atom. The Morgan fingerprint density at radius 3 is 2.39 bits per heavy atom. The summed E-state index contributed by atoms with van der Waals surface area (Å²) in [7, 11) is 6.84. The third-order valence-electron chi connectivity index (χ3n) is 4.38. The van der Waals surface area contributed by atoms with Crippen LogP contribution in [0.5, 0.6) is 11.5 Å². The van der Waals surface area contributed by atoms with E-state index >= 15 is 0 Å². The summed E-state index contributed by atoms with van der Waals surface area (Å²) in [5.74, 6) is 1.81. The van der Waals surface area contributed by atoms with E-state index in [4.69, 9.17) is 13.9 Å². The molecular weight excluding hydrogens is 420 g/mol. The van der Waals surface area contributed by atoms with E-state index in [-0.39, 0.29) is 4.91 Å². The van der Waals surface area contributed by atoms with E-state index in [1.165, 1.54) is 6.08 Å². The summed E-state index contributed by atoms with van der Waals surface area (Å²) in [6.07, 6.45) is 1.48. The Balaban J connectivity index is 1.97. The molecule has 3 rings (SSSR count). The van der Waals surface area contributed by atoms with Gasteiger partial charge < -0.3 is 28.5 Å². The molecular formula is C21H24N4O5S. The summed E-state index contributed by atoms with van der Waals surface area (Å²) in [5, 5.41) is 18.7. The van der Waals surface area contributed by atoms with Crippen molar-refractivity contribution in [1.82, 2.24) is 14.8 Å². The zero-order valence-electron chi connectivity index (χ0n) is 17.9. The van der Waals surface area contributed by atoms with Crippen molar-refractivity contribution in [3.63, 3.8) is 0 Å². The first kappa shape index (κ1) is 22.3. The van der Waals surface area contributed by atoms with Gasteiger partial charge >= 0.3 is 5.97 Å². The predicted octanol–water partition coefficient (Wildman–Crippen LogP) is 3.86. The van der Waals surface area contributed by atoms with Crippen molar-refractivity contribution >= 4 is 29.7 Å². The molecule has 0 atom stereocenters. The number of aliphatic carboxylic acids is 1. The highest BCUT2D eigenvalue weighted by molar-refractivity contribution is 8.04. The molecule has 0 unspecified atom stereocenters. The van der Waals surface area contributed by atoms with Gasteiger partial charge in [-0.3, -0.25) is 0 Å². The average Bonchev–Trinajstić information content (AvgIpc) is 3.39. The summed E-state index contributed by atoms with van der Waals surface area (Å²) < 4.78 is 18.2. The third-order valence-corrected chi connectivity index (χ3v) is 5.38. The van der Waals surface area contributed by atoms with Crippen LogP contribution in [-0.4, -0.2) is 54.2 Å². The molecule has 0 saturated carbocycles. The molecule has 0 aliphatic rings. The smallest absolute Gasteiger partial charge is 0.342 e. The van der Waals surface area contributed by atoms with Crippen LogP contribution in [0.15, 0.2) is 44.8 Å². The van der Waals surface area contributed by atoms with Crippen molar-refractivity contribution < 1.29 is 23.8 Å². The largest absolute Gasteiger partial charge is 0.497 e. The van der Waals surface area contributed by atoms with Crippen molar-refractivity contribution in [1.29, 1.82) is 0 Å². The maximum Gasteiger partial charge on any atom is 0.342 e. The first-order valence-corrected chi connectivity index (χ1v) is 10.2. The second-order valence-corrected chi connectivity index (χ2v) is 7.65. The van der Waals surface area contributed by atoms with Gasteiger partial charge in [-0.25, -0.2) is 4.79 Å². The number of aromatic nitrogens is 3. The first-order chi connectivity index (χ1) is 14.9. The molecule has 2 aromatic heterocycles. The molecule has 31 heavy (non-hydrogen) atoms. The number of methoxy groups -OCH3 is 2. The van der Waals surface area contributed by atoms with E-state index in [2.05, 4.69) is 10.2 Å². The van der Waals surface area contributed by atoms with E-state index in [1.54, 1.807) is 37.3 Å². The first-order valence-electron chi connectivity index (χ1n) is 9.42. The quantitative estimate of drug-likeness (QED) is 0.389. The summed E-state index contributed by atoms with van der Waals surface area (Å²) in [5.41, 5.74) is 0.750. The van der Waals surface area contributed by atoms with E-state index in [9.17, 15) is 9.90 Å². The lowest BCUT2D eigenvalue weighted by Crippen LogP contribution is -2.06. The number of ether oxygens (including phenoxy) is 2. The number of carboxylic acids is 1. The maximum atomic E-state index is 11.9. The number of anilines is 1. The van der Waals surface area contributed by atoms with E-state index in [0.29, 0.717) is 40.7 Å². The number of rotatable bonds is 9. The summed E-state index contributed by atoms with van der Waals surface area (Å²) in [6, 6.07) is 8.91. The van der Waals surface area contributed by atoms with Crippen LogP contribution in [0, 0.1) is 0 Å². The van der Waals surface area contributed by atoms with Crippen molar-refractivity contribution in [3.05, 3.63) is 41.0 Å². The molecule has 0 aliphatic carbocycles. The molecule has 164 valence electrons. The Hall–Kier alpha value is -3.40. The number of nitrogens with zero attached hydrogens (tertiary/aromatic N) is 4. The van der Waals surface area contributed by atoms with Gasteiger partial charge in [-0.2, -0.15) is 0 Å². The van der Waals surface area contributed by atoms with E-state index < -0.39 is 5.97 Å². The zero-order chi connectivity index (χ0) is 22.5. The summed E-state index contributed by atoms with van der Waals surface area (Å²) >= 11 is 1.01. The van der Waals surface area contributed by atoms with Gasteiger partial charge in [0.05, 0.1) is 14.2 Å². The Kier molecular flexibility index (Phi) is 6.91. The molecule has 9 nitrogen and oxygen atoms in total. The SMILES string of the molecule is CCn1c(S/C(=C\c2ccc(N(C)C)o2)C(=O)O)nnc1-c1cc(OC)cc(OC)c1. The second-order valence-electron chi connectivity index (χ2n) is 6.64. The molecule has 0 saturated heterocycles. The van der Waals surface area contributed by atoms with E-state index in [1.807, 2.05) is 37.7 Å². The molecule has 1 N–H and O–H groups in total. The third kappa shape index (κ3) is 5.02. The molecule has 0 fully saturated rings. The van der Waals surface area contributed by atoms with Gasteiger partial charge in [-0.05, 0) is 36.9 Å². The Labute approximate surface area is 184 Å². The molecule has 2 heterocycles. The molecule has 10 heteroatoms. The predicted molar refractivity (Wildman–Crippen MR) is 119 cm³/mol. The molecule has 0 bridgehead atoms. The van der Waals surface area contributed by atoms with Gasteiger partial charge in [0.1, 0.15) is 22.2 Å². The number of benzene rings is 1. The Morgan fingerprint density at radius 1 is 1.19 bits per heavy atom. The van der Waals surface area contributed by atoms with Crippen LogP contribution in [0.4, 0.5) is 5.88 Å². The zero-order valence-corrected chi connectivity index (χ0v) is 18.8. The van der Waals surface area contributed by atoms with Gasteiger partial charge in [0.15, 0.2) is 16.9 Å². The fourth-order valence-electron chi connectivity index (χ4n) is 2.82. The van der Waals surface area contributed by atoms with Gasteiger partial charge in [0.25, 0.3) is 0 Å². The van der Waals surface area contributed by atoms with Crippen LogP contribution >= 0.6 is 11.8 Å². The molecule has 0 radical (unpaired) electrons. The Bertz CT molecular complexity index is 1080. The number of carboxylic acid groups (broad SMARTS) is 1. The minimum Gasteiger partial charge on any atom is -0.497 e. The minimum atomic E-state index is -1.08. The number of thioether (sulfide) groups is 1. The van der Waals surface area contributed by atoms with Crippen molar-refractivity contribution in [3.8, 4) is 22.9 Å². The molecule has 3 aromatic rings. The lowest BCUT2D eigenvalue weighted by atomic mass is 10.2. The standard InChI is InChI=1S/C21H24N4O5S/c1-6-25-19(13-9-15(28-4)11-16(10-13)29-5)22-23-21(25)31-17(20(26)27)12-14-7-8-18(30-14)24(2)3/h7-12H,6H2,1-5H3,(H,26,27)/b17-12-. The van der Waals surface area contributed by atoms with Crippen molar-refractivity contribution in [2.24, 2.45) is 0 Å². The molecule has 0 spiro atoms. The van der Waals surface area contributed by atoms with Crippen LogP contribution in [0.1, 0.15) is 12.7 Å².